The third-order valence-corrected chi connectivity index (χ3v) is 3.96. The second-order valence-electron chi connectivity index (χ2n) is 7.18. The number of hydrazone groups is 1. The molecule has 0 bridgehead atoms. The molecule has 1 fully saturated rings. The van der Waals surface area contributed by atoms with E-state index >= 15 is 0 Å². The second kappa shape index (κ2) is 8.35. The normalized spacial score (nSPS) is 16.8. The number of anilines is 1. The lowest BCUT2D eigenvalue weighted by Crippen LogP contribution is -2.42. The van der Waals surface area contributed by atoms with Gasteiger partial charge in [0.05, 0.1) is 5.69 Å². The Labute approximate surface area is 153 Å². The fraction of sp³-hybridized carbons (Fsp3) is 0.474. The molecule has 1 amide bonds. The van der Waals surface area contributed by atoms with Gasteiger partial charge in [0, 0.05) is 19.0 Å². The summed E-state index contributed by atoms with van der Waals surface area (Å²) in [5.41, 5.74) is 3.79. The Morgan fingerprint density at radius 1 is 1.27 bits per heavy atom. The second-order valence-corrected chi connectivity index (χ2v) is 7.18. The SMILES string of the molecule is CC(C)(C)OC(=O)N1CCCC(c2ccc(NN=C(C#N)C#N)cc2)C1. The number of nitriles is 2. The summed E-state index contributed by atoms with van der Waals surface area (Å²) in [4.78, 5) is 14.0. The zero-order valence-corrected chi connectivity index (χ0v) is 15.3. The Bertz CT molecular complexity index is 734. The number of likely N-dealkylation sites (tertiary alicyclic amines) is 1. The van der Waals surface area contributed by atoms with Crippen molar-refractivity contribution in [2.75, 3.05) is 18.5 Å². The van der Waals surface area contributed by atoms with E-state index in [9.17, 15) is 4.79 Å². The minimum atomic E-state index is -0.496. The molecule has 0 aromatic heterocycles. The number of nitrogens with zero attached hydrogens (tertiary/aromatic N) is 4. The van der Waals surface area contributed by atoms with Crippen LogP contribution in [0, 0.1) is 22.7 Å². The number of benzene rings is 1. The largest absolute Gasteiger partial charge is 0.444 e. The quantitative estimate of drug-likeness (QED) is 0.660. The van der Waals surface area contributed by atoms with Crippen LogP contribution in [0.25, 0.3) is 0 Å². The van der Waals surface area contributed by atoms with Gasteiger partial charge < -0.3 is 9.64 Å². The van der Waals surface area contributed by atoms with Crippen molar-refractivity contribution in [2.45, 2.75) is 45.1 Å². The summed E-state index contributed by atoms with van der Waals surface area (Å²) in [6.45, 7) is 6.94. The van der Waals surface area contributed by atoms with Crippen LogP contribution in [0.2, 0.25) is 0 Å². The minimum Gasteiger partial charge on any atom is -0.444 e. The van der Waals surface area contributed by atoms with Crippen LogP contribution >= 0.6 is 0 Å². The van der Waals surface area contributed by atoms with E-state index in [0.717, 1.165) is 18.4 Å². The van der Waals surface area contributed by atoms with Gasteiger partial charge in [-0.3, -0.25) is 5.43 Å². The molecule has 136 valence electrons. The summed E-state index contributed by atoms with van der Waals surface area (Å²) in [6, 6.07) is 11.0. The smallest absolute Gasteiger partial charge is 0.410 e. The van der Waals surface area contributed by atoms with Gasteiger partial charge in [0.1, 0.15) is 17.7 Å². The zero-order valence-electron chi connectivity index (χ0n) is 15.3. The average Bonchev–Trinajstić information content (AvgIpc) is 2.62. The maximum Gasteiger partial charge on any atom is 0.410 e. The highest BCUT2D eigenvalue weighted by molar-refractivity contribution is 6.10. The van der Waals surface area contributed by atoms with Crippen LogP contribution in [-0.2, 0) is 4.74 Å². The molecule has 1 aromatic carbocycles. The van der Waals surface area contributed by atoms with Gasteiger partial charge in [0.2, 0.25) is 5.71 Å². The van der Waals surface area contributed by atoms with Gasteiger partial charge in [-0.2, -0.15) is 15.6 Å². The first kappa shape index (κ1) is 19.3. The molecule has 7 nitrogen and oxygen atoms in total. The van der Waals surface area contributed by atoms with Crippen LogP contribution in [0.4, 0.5) is 10.5 Å². The van der Waals surface area contributed by atoms with Gasteiger partial charge in [0.15, 0.2) is 0 Å². The van der Waals surface area contributed by atoms with Crippen molar-refractivity contribution < 1.29 is 9.53 Å². The highest BCUT2D eigenvalue weighted by Crippen LogP contribution is 2.28. The maximum atomic E-state index is 12.3. The summed E-state index contributed by atoms with van der Waals surface area (Å²) < 4.78 is 5.47. The molecular formula is C19H23N5O2. The number of piperidine rings is 1. The Hall–Kier alpha value is -3.06. The van der Waals surface area contributed by atoms with Crippen LogP contribution < -0.4 is 5.43 Å². The first-order chi connectivity index (χ1) is 12.3. The molecule has 0 saturated carbocycles. The van der Waals surface area contributed by atoms with Gasteiger partial charge in [-0.1, -0.05) is 12.1 Å². The van der Waals surface area contributed by atoms with E-state index in [0.29, 0.717) is 18.8 Å². The molecule has 1 atom stereocenters. The van der Waals surface area contributed by atoms with Crippen molar-refractivity contribution in [3.8, 4) is 12.1 Å². The molecule has 1 aliphatic heterocycles. The van der Waals surface area contributed by atoms with Crippen LogP contribution in [0.1, 0.15) is 45.1 Å². The van der Waals surface area contributed by atoms with Gasteiger partial charge >= 0.3 is 6.09 Å². The van der Waals surface area contributed by atoms with E-state index in [1.807, 2.05) is 45.0 Å². The van der Waals surface area contributed by atoms with Crippen molar-refractivity contribution in [1.82, 2.24) is 4.90 Å². The van der Waals surface area contributed by atoms with Crippen LogP contribution in [-0.4, -0.2) is 35.4 Å². The van der Waals surface area contributed by atoms with Crippen molar-refractivity contribution in [2.24, 2.45) is 5.10 Å². The number of amides is 1. The van der Waals surface area contributed by atoms with E-state index in [2.05, 4.69) is 10.5 Å². The summed E-state index contributed by atoms with van der Waals surface area (Å²) in [5, 5.41) is 21.1. The molecule has 7 heteroatoms. The number of hydrogen-bond acceptors (Lipinski definition) is 6. The van der Waals surface area contributed by atoms with Gasteiger partial charge in [0.25, 0.3) is 0 Å². The van der Waals surface area contributed by atoms with Crippen LogP contribution in [0.15, 0.2) is 29.4 Å². The van der Waals surface area contributed by atoms with E-state index < -0.39 is 5.60 Å². The van der Waals surface area contributed by atoms with Gasteiger partial charge in [-0.15, -0.1) is 0 Å². The third-order valence-electron chi connectivity index (χ3n) is 3.96. The Morgan fingerprint density at radius 3 is 2.50 bits per heavy atom. The Morgan fingerprint density at radius 2 is 1.92 bits per heavy atom. The van der Waals surface area contributed by atoms with Gasteiger partial charge in [-0.05, 0) is 51.3 Å². The summed E-state index contributed by atoms with van der Waals surface area (Å²) >= 11 is 0. The van der Waals surface area contributed by atoms with E-state index in [1.165, 1.54) is 0 Å². The number of ether oxygens (including phenoxy) is 1. The van der Waals surface area contributed by atoms with Gasteiger partial charge in [-0.25, -0.2) is 4.79 Å². The zero-order chi connectivity index (χ0) is 19.2. The predicted octanol–water partition coefficient (Wildman–Crippen LogP) is 3.62. The molecule has 0 spiro atoms. The fourth-order valence-electron chi connectivity index (χ4n) is 2.77. The van der Waals surface area contributed by atoms with Crippen molar-refractivity contribution in [3.05, 3.63) is 29.8 Å². The first-order valence-electron chi connectivity index (χ1n) is 8.54. The molecule has 1 aromatic rings. The molecule has 1 unspecified atom stereocenters. The third kappa shape index (κ3) is 5.49. The number of hydrogen-bond donors (Lipinski definition) is 1. The van der Waals surface area contributed by atoms with Crippen molar-refractivity contribution >= 4 is 17.5 Å². The lowest BCUT2D eigenvalue weighted by Gasteiger charge is -2.34. The summed E-state index contributed by atoms with van der Waals surface area (Å²) in [6.07, 6.45) is 1.68. The standard InChI is InChI=1S/C19H23N5O2/c1-19(2,3)26-18(25)24-10-4-5-15(13-24)14-6-8-16(9-7-14)22-23-17(11-20)12-21/h6-9,15,22H,4-5,10,13H2,1-3H3. The lowest BCUT2D eigenvalue weighted by atomic mass is 9.91. The molecule has 1 saturated heterocycles. The van der Waals surface area contributed by atoms with Crippen LogP contribution in [0.3, 0.4) is 0 Å². The number of nitrogens with one attached hydrogen (secondary N) is 1. The molecule has 1 N–H and O–H groups in total. The summed E-state index contributed by atoms with van der Waals surface area (Å²) in [7, 11) is 0. The van der Waals surface area contributed by atoms with Crippen molar-refractivity contribution in [3.63, 3.8) is 0 Å². The predicted molar refractivity (Wildman–Crippen MR) is 98.5 cm³/mol. The minimum absolute atomic E-state index is 0.227. The highest BCUT2D eigenvalue weighted by Gasteiger charge is 2.28. The van der Waals surface area contributed by atoms with Crippen LogP contribution in [0.5, 0.6) is 0 Å². The van der Waals surface area contributed by atoms with E-state index in [1.54, 1.807) is 17.0 Å². The highest BCUT2D eigenvalue weighted by atomic mass is 16.6. The molecular weight excluding hydrogens is 330 g/mol. The number of rotatable bonds is 3. The molecule has 1 heterocycles. The average molecular weight is 353 g/mol. The molecule has 2 rings (SSSR count). The number of carbonyl (C=O) groups excluding carboxylic acids is 1. The molecule has 0 radical (unpaired) electrons. The maximum absolute atomic E-state index is 12.3. The Balaban J connectivity index is 2.00. The van der Waals surface area contributed by atoms with E-state index in [4.69, 9.17) is 15.3 Å². The Kier molecular flexibility index (Phi) is 6.19. The molecule has 1 aliphatic rings. The lowest BCUT2D eigenvalue weighted by molar-refractivity contribution is 0.0198. The number of carbonyl (C=O) groups is 1. The van der Waals surface area contributed by atoms with E-state index in [-0.39, 0.29) is 17.7 Å². The first-order valence-corrected chi connectivity index (χ1v) is 8.54. The topological polar surface area (TPSA) is 102 Å². The molecule has 0 aliphatic carbocycles. The van der Waals surface area contributed by atoms with Crippen molar-refractivity contribution in [1.29, 1.82) is 10.5 Å². The fourth-order valence-corrected chi connectivity index (χ4v) is 2.77. The monoisotopic (exact) mass is 353 g/mol. The molecule has 26 heavy (non-hydrogen) atoms. The summed E-state index contributed by atoms with van der Waals surface area (Å²) in [5.74, 6) is 0.252.